The molecule has 1 N–H and O–H groups in total. The first kappa shape index (κ1) is 9.06. The molecule has 0 saturated heterocycles. The van der Waals surface area contributed by atoms with Crippen molar-refractivity contribution in [3.63, 3.8) is 0 Å². The topological polar surface area (TPSA) is 42.9 Å². The lowest BCUT2D eigenvalue weighted by Gasteiger charge is -2.15. The summed E-state index contributed by atoms with van der Waals surface area (Å²) in [5.41, 5.74) is 0. The lowest BCUT2D eigenvalue weighted by Crippen LogP contribution is -2.22. The van der Waals surface area contributed by atoms with Gasteiger partial charge in [0.2, 0.25) is 5.90 Å². The molecule has 0 amide bonds. The number of hydrogen-bond donors (Lipinski definition) is 1. The minimum atomic E-state index is 0.489. The second-order valence-electron chi connectivity index (χ2n) is 2.10. The van der Waals surface area contributed by atoms with Crippen LogP contribution in [0.1, 0.15) is 13.8 Å². The van der Waals surface area contributed by atoms with Gasteiger partial charge in [0, 0.05) is 18.9 Å². The molecule has 0 atom stereocenters. The molecule has 12 heavy (non-hydrogen) atoms. The van der Waals surface area contributed by atoms with E-state index in [-0.39, 0.29) is 0 Å². The number of rotatable bonds is 3. The van der Waals surface area contributed by atoms with E-state index in [1.165, 1.54) is 0 Å². The Morgan fingerprint density at radius 3 is 2.75 bits per heavy atom. The van der Waals surface area contributed by atoms with Gasteiger partial charge in [-0.2, -0.15) is 4.99 Å². The van der Waals surface area contributed by atoms with E-state index in [4.69, 9.17) is 9.47 Å². The van der Waals surface area contributed by atoms with Gasteiger partial charge in [-0.1, -0.05) is 0 Å². The fourth-order valence-corrected chi connectivity index (χ4v) is 0.793. The molecule has 1 aliphatic heterocycles. The van der Waals surface area contributed by atoms with E-state index in [2.05, 4.69) is 10.3 Å². The van der Waals surface area contributed by atoms with Gasteiger partial charge < -0.3 is 14.8 Å². The van der Waals surface area contributed by atoms with Crippen molar-refractivity contribution in [3.05, 3.63) is 18.6 Å². The van der Waals surface area contributed by atoms with Crippen molar-refractivity contribution in [2.45, 2.75) is 13.8 Å². The van der Waals surface area contributed by atoms with Crippen molar-refractivity contribution in [3.8, 4) is 0 Å². The van der Waals surface area contributed by atoms with Crippen LogP contribution < -0.4 is 5.32 Å². The normalized spacial score (nSPS) is 17.0. The molecule has 0 spiro atoms. The Hall–Kier alpha value is -1.03. The van der Waals surface area contributed by atoms with Crippen LogP contribution in [-0.2, 0) is 9.47 Å². The monoisotopic (exact) mass is 169 g/mol. The van der Waals surface area contributed by atoms with Gasteiger partial charge in [0.05, 0.1) is 6.61 Å². The van der Waals surface area contributed by atoms with Gasteiger partial charge in [-0.3, -0.25) is 0 Å². The first-order valence-electron chi connectivity index (χ1n) is 4.01. The zero-order valence-corrected chi connectivity index (χ0v) is 7.33. The second-order valence-corrected chi connectivity index (χ2v) is 2.10. The fraction of sp³-hybridized carbons (Fsp3) is 0.500. The van der Waals surface area contributed by atoms with E-state index in [1.54, 1.807) is 12.3 Å². The molecular formula is C8H13N2O2. The van der Waals surface area contributed by atoms with Crippen LogP contribution in [-0.4, -0.2) is 19.1 Å². The Kier molecular flexibility index (Phi) is 3.60. The molecule has 0 fully saturated rings. The van der Waals surface area contributed by atoms with Gasteiger partial charge in [-0.25, -0.2) is 0 Å². The van der Waals surface area contributed by atoms with Crippen LogP contribution in [0.4, 0.5) is 0 Å². The number of aliphatic imine (C=N–C) groups is 1. The maximum atomic E-state index is 5.18. The molecule has 1 heterocycles. The van der Waals surface area contributed by atoms with E-state index >= 15 is 0 Å². The molecule has 0 bridgehead atoms. The molecule has 0 aromatic rings. The van der Waals surface area contributed by atoms with Crippen LogP contribution in [0, 0.1) is 6.35 Å². The van der Waals surface area contributed by atoms with E-state index in [1.807, 2.05) is 13.8 Å². The van der Waals surface area contributed by atoms with Crippen LogP contribution >= 0.6 is 0 Å². The summed E-state index contributed by atoms with van der Waals surface area (Å²) in [4.78, 5) is 4.05. The SMILES string of the molecule is CCO[C]1N=C(OCC)C=CN1. The Balaban J connectivity index is 2.44. The lowest BCUT2D eigenvalue weighted by atomic mass is 10.5. The first-order valence-corrected chi connectivity index (χ1v) is 4.01. The lowest BCUT2D eigenvalue weighted by molar-refractivity contribution is 0.139. The highest BCUT2D eigenvalue weighted by molar-refractivity contribution is 5.88. The molecule has 1 radical (unpaired) electrons. The summed E-state index contributed by atoms with van der Waals surface area (Å²) >= 11 is 0. The number of nitrogens with one attached hydrogen (secondary N) is 1. The maximum Gasteiger partial charge on any atom is 0.313 e. The number of nitrogens with zero attached hydrogens (tertiary/aromatic N) is 1. The summed E-state index contributed by atoms with van der Waals surface area (Å²) in [6, 6.07) is 0. The Bertz CT molecular complexity index is 189. The zero-order chi connectivity index (χ0) is 8.81. The van der Waals surface area contributed by atoms with E-state index in [0.29, 0.717) is 25.5 Å². The fourth-order valence-electron chi connectivity index (χ4n) is 0.793. The second kappa shape index (κ2) is 4.77. The highest BCUT2D eigenvalue weighted by atomic mass is 16.5. The third-order valence-electron chi connectivity index (χ3n) is 1.22. The van der Waals surface area contributed by atoms with Gasteiger partial charge in [-0.05, 0) is 13.8 Å². The van der Waals surface area contributed by atoms with Crippen molar-refractivity contribution >= 4 is 5.90 Å². The molecule has 0 aromatic carbocycles. The van der Waals surface area contributed by atoms with Crippen LogP contribution in [0.15, 0.2) is 17.3 Å². The average Bonchev–Trinajstić information content (AvgIpc) is 2.06. The van der Waals surface area contributed by atoms with E-state index in [9.17, 15) is 0 Å². The molecule has 4 nitrogen and oxygen atoms in total. The van der Waals surface area contributed by atoms with Crippen molar-refractivity contribution < 1.29 is 9.47 Å². The summed E-state index contributed by atoms with van der Waals surface area (Å²) in [6.07, 6.45) is 3.98. The Morgan fingerprint density at radius 1 is 1.33 bits per heavy atom. The third kappa shape index (κ3) is 2.54. The standard InChI is InChI=1S/C8H13N2O2/c1-3-11-7-5-6-9-8(10-7)12-4-2/h5-6,9H,3-4H2,1-2H3. The van der Waals surface area contributed by atoms with Crippen LogP contribution in [0.3, 0.4) is 0 Å². The Morgan fingerprint density at radius 2 is 2.08 bits per heavy atom. The van der Waals surface area contributed by atoms with Crippen molar-refractivity contribution in [1.82, 2.24) is 5.32 Å². The molecule has 0 saturated carbocycles. The first-order chi connectivity index (χ1) is 5.86. The largest absolute Gasteiger partial charge is 0.478 e. The van der Waals surface area contributed by atoms with Gasteiger partial charge in [-0.15, -0.1) is 0 Å². The van der Waals surface area contributed by atoms with E-state index < -0.39 is 0 Å². The smallest absolute Gasteiger partial charge is 0.313 e. The molecule has 0 aliphatic carbocycles. The highest BCUT2D eigenvalue weighted by Gasteiger charge is 2.11. The molecular weight excluding hydrogens is 156 g/mol. The van der Waals surface area contributed by atoms with Gasteiger partial charge >= 0.3 is 6.35 Å². The summed E-state index contributed by atoms with van der Waals surface area (Å²) in [6.45, 7) is 5.03. The molecule has 1 aliphatic rings. The summed E-state index contributed by atoms with van der Waals surface area (Å²) in [5.74, 6) is 0.583. The molecule has 67 valence electrons. The van der Waals surface area contributed by atoms with Crippen molar-refractivity contribution in [2.75, 3.05) is 13.2 Å². The molecule has 0 unspecified atom stereocenters. The number of hydrogen-bond acceptors (Lipinski definition) is 4. The predicted octanol–water partition coefficient (Wildman–Crippen LogP) is 1.02. The highest BCUT2D eigenvalue weighted by Crippen LogP contribution is 2.05. The van der Waals surface area contributed by atoms with E-state index in [0.717, 1.165) is 0 Å². The molecule has 4 heteroatoms. The van der Waals surface area contributed by atoms with Gasteiger partial charge in [0.1, 0.15) is 0 Å². The summed E-state index contributed by atoms with van der Waals surface area (Å²) < 4.78 is 10.3. The van der Waals surface area contributed by atoms with Crippen LogP contribution in [0.25, 0.3) is 0 Å². The van der Waals surface area contributed by atoms with Crippen LogP contribution in [0.5, 0.6) is 0 Å². The zero-order valence-electron chi connectivity index (χ0n) is 7.33. The van der Waals surface area contributed by atoms with Gasteiger partial charge in [0.25, 0.3) is 0 Å². The third-order valence-corrected chi connectivity index (χ3v) is 1.22. The minimum Gasteiger partial charge on any atom is -0.478 e. The quantitative estimate of drug-likeness (QED) is 0.686. The van der Waals surface area contributed by atoms with Crippen molar-refractivity contribution in [2.24, 2.45) is 4.99 Å². The van der Waals surface area contributed by atoms with Crippen molar-refractivity contribution in [1.29, 1.82) is 0 Å². The van der Waals surface area contributed by atoms with Gasteiger partial charge in [0.15, 0.2) is 0 Å². The molecule has 0 aromatic heterocycles. The van der Waals surface area contributed by atoms with Crippen LogP contribution in [0.2, 0.25) is 0 Å². The Labute approximate surface area is 72.3 Å². The average molecular weight is 169 g/mol. The molecule has 1 rings (SSSR count). The maximum absolute atomic E-state index is 5.18. The summed E-state index contributed by atoms with van der Waals surface area (Å²) in [5, 5.41) is 2.85. The number of ether oxygens (including phenoxy) is 2. The predicted molar refractivity (Wildman–Crippen MR) is 46.2 cm³/mol. The minimum absolute atomic E-state index is 0.489. The summed E-state index contributed by atoms with van der Waals surface area (Å²) in [7, 11) is 0.